The van der Waals surface area contributed by atoms with E-state index >= 15 is 0 Å². The third kappa shape index (κ3) is 4.77. The summed E-state index contributed by atoms with van der Waals surface area (Å²) in [6.45, 7) is 1.15. The second-order valence-corrected chi connectivity index (χ2v) is 11.6. The van der Waals surface area contributed by atoms with E-state index in [2.05, 4.69) is 5.10 Å². The van der Waals surface area contributed by atoms with Crippen LogP contribution in [0, 0.1) is 11.6 Å². The number of aromatic nitrogens is 2. The first-order valence-electron chi connectivity index (χ1n) is 11.9. The number of sulfonamides is 1. The summed E-state index contributed by atoms with van der Waals surface area (Å²) in [4.78, 5) is 15.2. The van der Waals surface area contributed by atoms with Crippen molar-refractivity contribution in [3.63, 3.8) is 0 Å². The van der Waals surface area contributed by atoms with Gasteiger partial charge in [0.1, 0.15) is 29.6 Å². The van der Waals surface area contributed by atoms with Crippen LogP contribution >= 0.6 is 0 Å². The number of nitrogens with zero attached hydrogens (tertiary/aromatic N) is 4. The predicted molar refractivity (Wildman–Crippen MR) is 123 cm³/mol. The van der Waals surface area contributed by atoms with E-state index in [0.29, 0.717) is 50.5 Å². The molecule has 0 amide bonds. The molecule has 0 bridgehead atoms. The van der Waals surface area contributed by atoms with Crippen LogP contribution in [0.3, 0.4) is 0 Å². The van der Waals surface area contributed by atoms with Crippen LogP contribution in [0.15, 0.2) is 29.2 Å². The maximum atomic E-state index is 13.8. The fraction of sp³-hybridized carbons (Fsp3) is 0.565. The van der Waals surface area contributed by atoms with E-state index in [0.717, 1.165) is 23.2 Å². The van der Waals surface area contributed by atoms with Crippen LogP contribution in [-0.2, 0) is 10.0 Å². The summed E-state index contributed by atoms with van der Waals surface area (Å²) in [5.41, 5.74) is -0.472. The monoisotopic (exact) mass is 512 g/mol. The molecule has 12 heteroatoms. The van der Waals surface area contributed by atoms with Gasteiger partial charge in [-0.2, -0.15) is 14.1 Å². The highest BCUT2D eigenvalue weighted by Gasteiger charge is 2.38. The number of ether oxygens (including phenoxy) is 1. The minimum absolute atomic E-state index is 0.0842. The molecule has 190 valence electrons. The average Bonchev–Trinajstić information content (AvgIpc) is 3.17. The molecule has 8 nitrogen and oxygen atoms in total. The first kappa shape index (κ1) is 24.1. The van der Waals surface area contributed by atoms with Gasteiger partial charge in [0.05, 0.1) is 17.1 Å². The number of benzene rings is 1. The number of rotatable bonds is 6. The van der Waals surface area contributed by atoms with Crippen molar-refractivity contribution in [3.8, 4) is 11.4 Å². The SMILES string of the molecule is O=c1c(OC2CCC(F)C2)c(N2CCN(S(=O)(=O)C3CCC3)CC2)cnn1-c1cc(F)cc(F)c1. The molecular formula is C23H27F3N4O4S. The van der Waals surface area contributed by atoms with Crippen molar-refractivity contribution >= 4 is 15.7 Å². The lowest BCUT2D eigenvalue weighted by molar-refractivity contribution is 0.193. The van der Waals surface area contributed by atoms with Gasteiger partial charge in [-0.1, -0.05) is 6.42 Å². The fourth-order valence-corrected chi connectivity index (χ4v) is 6.86. The van der Waals surface area contributed by atoms with Crippen LogP contribution in [-0.4, -0.2) is 66.2 Å². The molecule has 1 aliphatic heterocycles. The van der Waals surface area contributed by atoms with Crippen LogP contribution < -0.4 is 15.2 Å². The molecule has 2 aliphatic carbocycles. The summed E-state index contributed by atoms with van der Waals surface area (Å²) in [5, 5.41) is 3.80. The Kier molecular flexibility index (Phi) is 6.51. The summed E-state index contributed by atoms with van der Waals surface area (Å²) in [5.74, 6) is -1.81. The lowest BCUT2D eigenvalue weighted by atomic mass is 10.0. The standard InChI is InChI=1S/C23H27F3N4O4S/c24-15-4-5-19(13-15)34-22-21(14-27-30(23(22)31)18-11-16(25)10-17(26)12-18)28-6-8-29(9-7-28)35(32,33)20-2-1-3-20/h10-12,14-15,19-20H,1-9,13H2. The molecule has 1 aromatic carbocycles. The lowest BCUT2D eigenvalue weighted by Crippen LogP contribution is -2.52. The summed E-state index contributed by atoms with van der Waals surface area (Å²) in [6, 6.07) is 2.66. The molecule has 2 saturated carbocycles. The van der Waals surface area contributed by atoms with E-state index in [9.17, 15) is 26.4 Å². The molecule has 0 N–H and O–H groups in total. The highest BCUT2D eigenvalue weighted by atomic mass is 32.2. The minimum atomic E-state index is -3.34. The Hall–Kier alpha value is -2.60. The van der Waals surface area contributed by atoms with Gasteiger partial charge in [0.2, 0.25) is 15.8 Å². The number of halogens is 3. The second-order valence-electron chi connectivity index (χ2n) is 9.34. The van der Waals surface area contributed by atoms with Crippen LogP contribution in [0.5, 0.6) is 5.75 Å². The average molecular weight is 513 g/mol. The number of hydrogen-bond acceptors (Lipinski definition) is 6. The van der Waals surface area contributed by atoms with Crippen molar-refractivity contribution in [3.05, 3.63) is 46.4 Å². The van der Waals surface area contributed by atoms with Crippen molar-refractivity contribution in [2.75, 3.05) is 31.1 Å². The Labute approximate surface area is 201 Å². The number of alkyl halides is 1. The molecule has 2 heterocycles. The van der Waals surface area contributed by atoms with Crippen molar-refractivity contribution < 1.29 is 26.3 Å². The van der Waals surface area contributed by atoms with Crippen molar-refractivity contribution in [1.82, 2.24) is 14.1 Å². The van der Waals surface area contributed by atoms with Gasteiger partial charge in [0.15, 0.2) is 0 Å². The fourth-order valence-electron chi connectivity index (χ4n) is 4.84. The molecule has 0 spiro atoms. The molecule has 5 rings (SSSR count). The van der Waals surface area contributed by atoms with Crippen LogP contribution in [0.25, 0.3) is 5.69 Å². The molecule has 1 aromatic heterocycles. The van der Waals surface area contributed by atoms with Crippen LogP contribution in [0.4, 0.5) is 18.9 Å². The zero-order valence-corrected chi connectivity index (χ0v) is 19.9. The Morgan fingerprint density at radius 2 is 1.66 bits per heavy atom. The normalized spacial score (nSPS) is 23.9. The van der Waals surface area contributed by atoms with E-state index in [4.69, 9.17) is 4.74 Å². The molecule has 3 fully saturated rings. The van der Waals surface area contributed by atoms with Crippen molar-refractivity contribution in [2.45, 2.75) is 56.1 Å². The summed E-state index contributed by atoms with van der Waals surface area (Å²) < 4.78 is 75.2. The van der Waals surface area contributed by atoms with E-state index < -0.39 is 39.5 Å². The number of piperazine rings is 1. The van der Waals surface area contributed by atoms with Gasteiger partial charge in [0, 0.05) is 38.7 Å². The predicted octanol–water partition coefficient (Wildman–Crippen LogP) is 2.78. The van der Waals surface area contributed by atoms with Gasteiger partial charge in [-0.05, 0) is 37.8 Å². The molecule has 1 saturated heterocycles. The van der Waals surface area contributed by atoms with Gasteiger partial charge in [-0.3, -0.25) is 4.79 Å². The van der Waals surface area contributed by atoms with Gasteiger partial charge in [-0.25, -0.2) is 21.6 Å². The van der Waals surface area contributed by atoms with E-state index in [1.165, 1.54) is 10.5 Å². The Morgan fingerprint density at radius 1 is 0.971 bits per heavy atom. The summed E-state index contributed by atoms with van der Waals surface area (Å²) in [6.07, 6.45) is 3.02. The maximum Gasteiger partial charge on any atom is 0.316 e. The second kappa shape index (κ2) is 9.45. The van der Waals surface area contributed by atoms with E-state index in [-0.39, 0.29) is 36.2 Å². The zero-order valence-electron chi connectivity index (χ0n) is 19.1. The topological polar surface area (TPSA) is 84.7 Å². The molecule has 2 aromatic rings. The third-order valence-electron chi connectivity index (χ3n) is 7.02. The van der Waals surface area contributed by atoms with Crippen LogP contribution in [0.2, 0.25) is 0 Å². The molecule has 3 aliphatic rings. The molecule has 2 unspecified atom stereocenters. The van der Waals surface area contributed by atoms with Crippen molar-refractivity contribution in [2.24, 2.45) is 0 Å². The van der Waals surface area contributed by atoms with Crippen molar-refractivity contribution in [1.29, 1.82) is 0 Å². The Morgan fingerprint density at radius 3 is 2.23 bits per heavy atom. The third-order valence-corrected chi connectivity index (χ3v) is 9.42. The van der Waals surface area contributed by atoms with Crippen LogP contribution in [0.1, 0.15) is 38.5 Å². The van der Waals surface area contributed by atoms with Gasteiger partial charge in [0.25, 0.3) is 0 Å². The molecule has 35 heavy (non-hydrogen) atoms. The molecule has 0 radical (unpaired) electrons. The summed E-state index contributed by atoms with van der Waals surface area (Å²) in [7, 11) is -3.34. The quantitative estimate of drug-likeness (QED) is 0.592. The van der Waals surface area contributed by atoms with E-state index in [1.54, 1.807) is 0 Å². The lowest BCUT2D eigenvalue weighted by Gasteiger charge is -2.39. The van der Waals surface area contributed by atoms with Gasteiger partial charge in [-0.15, -0.1) is 0 Å². The van der Waals surface area contributed by atoms with Gasteiger partial charge < -0.3 is 9.64 Å². The smallest absolute Gasteiger partial charge is 0.316 e. The van der Waals surface area contributed by atoms with Gasteiger partial charge >= 0.3 is 5.56 Å². The Balaban J connectivity index is 1.45. The highest BCUT2D eigenvalue weighted by Crippen LogP contribution is 2.33. The zero-order chi connectivity index (χ0) is 24.7. The summed E-state index contributed by atoms with van der Waals surface area (Å²) >= 11 is 0. The largest absolute Gasteiger partial charge is 0.483 e. The first-order valence-corrected chi connectivity index (χ1v) is 13.4. The highest BCUT2D eigenvalue weighted by molar-refractivity contribution is 7.89. The Bertz CT molecular complexity index is 1240. The molecule has 2 atom stereocenters. The maximum absolute atomic E-state index is 13.8. The number of hydrogen-bond donors (Lipinski definition) is 0. The van der Waals surface area contributed by atoms with E-state index in [1.807, 2.05) is 4.90 Å². The minimum Gasteiger partial charge on any atom is -0.483 e. The number of anilines is 1. The first-order chi connectivity index (χ1) is 16.7. The molecular weight excluding hydrogens is 485 g/mol.